The fraction of sp³-hybridized carbons (Fsp3) is 0.615. The molecule has 0 bridgehead atoms. The third-order valence-corrected chi connectivity index (χ3v) is 3.46. The molecule has 0 atom stereocenters. The van der Waals surface area contributed by atoms with Gasteiger partial charge in [0.15, 0.2) is 5.69 Å². The highest BCUT2D eigenvalue weighted by molar-refractivity contribution is 5.93. The smallest absolute Gasteiger partial charge is 0.407 e. The van der Waals surface area contributed by atoms with E-state index in [9.17, 15) is 14.8 Å². The van der Waals surface area contributed by atoms with Crippen molar-refractivity contribution >= 4 is 12.0 Å². The Hall–Kier alpha value is -2.09. The van der Waals surface area contributed by atoms with Gasteiger partial charge >= 0.3 is 6.09 Å². The van der Waals surface area contributed by atoms with Crippen molar-refractivity contribution in [1.82, 2.24) is 19.7 Å². The average molecular weight is 296 g/mol. The lowest BCUT2D eigenvalue weighted by molar-refractivity contribution is -0.0381. The summed E-state index contributed by atoms with van der Waals surface area (Å²) in [6.45, 7) is 6.35. The Labute approximate surface area is 122 Å². The minimum Gasteiger partial charge on any atom is -0.465 e. The predicted octanol–water partition coefficient (Wildman–Crippen LogP) is 1.14. The van der Waals surface area contributed by atoms with Gasteiger partial charge in [-0.3, -0.25) is 14.7 Å². The van der Waals surface area contributed by atoms with Crippen LogP contribution in [0.15, 0.2) is 0 Å². The highest BCUT2D eigenvalue weighted by Crippen LogP contribution is 2.28. The van der Waals surface area contributed by atoms with Crippen LogP contribution in [0.25, 0.3) is 0 Å². The molecule has 2 N–H and O–H groups in total. The number of nitrogens with zero attached hydrogens (tertiary/aromatic N) is 4. The SMILES string of the molecule is CN(O)C(=O)c1nn(C(C)(C)C)c2c1CN(C(=O)O)CC2. The van der Waals surface area contributed by atoms with E-state index in [1.807, 2.05) is 20.8 Å². The van der Waals surface area contributed by atoms with Gasteiger partial charge < -0.3 is 10.0 Å². The third kappa shape index (κ3) is 2.71. The van der Waals surface area contributed by atoms with Gasteiger partial charge in [-0.15, -0.1) is 0 Å². The van der Waals surface area contributed by atoms with Gasteiger partial charge in [-0.1, -0.05) is 0 Å². The number of fused-ring (bicyclic) bond motifs is 1. The van der Waals surface area contributed by atoms with E-state index in [1.165, 1.54) is 11.9 Å². The molecule has 0 saturated carbocycles. The molecule has 21 heavy (non-hydrogen) atoms. The first-order chi connectivity index (χ1) is 9.62. The molecule has 0 aromatic carbocycles. The second-order valence-electron chi connectivity index (χ2n) is 6.14. The molecule has 1 aliphatic heterocycles. The summed E-state index contributed by atoms with van der Waals surface area (Å²) in [6.07, 6.45) is -0.533. The highest BCUT2D eigenvalue weighted by Gasteiger charge is 2.33. The molecule has 2 amide bonds. The lowest BCUT2D eigenvalue weighted by atomic mass is 10.0. The van der Waals surface area contributed by atoms with Crippen LogP contribution in [-0.4, -0.2) is 55.7 Å². The number of carboxylic acid groups (broad SMARTS) is 1. The summed E-state index contributed by atoms with van der Waals surface area (Å²) in [5.41, 5.74) is 1.20. The quantitative estimate of drug-likeness (QED) is 0.598. The standard InChI is InChI=1S/C13H20N4O4/c1-13(2,3)17-9-5-6-16(12(19)20)7-8(9)10(14-17)11(18)15(4)21/h21H,5-7H2,1-4H3,(H,19,20). The van der Waals surface area contributed by atoms with Gasteiger partial charge in [0.1, 0.15) is 0 Å². The van der Waals surface area contributed by atoms with E-state index < -0.39 is 12.0 Å². The second kappa shape index (κ2) is 5.03. The summed E-state index contributed by atoms with van der Waals surface area (Å²) in [4.78, 5) is 24.4. The van der Waals surface area contributed by atoms with Crippen molar-refractivity contribution in [3.05, 3.63) is 17.0 Å². The Morgan fingerprint density at radius 2 is 1.95 bits per heavy atom. The van der Waals surface area contributed by atoms with E-state index in [-0.39, 0.29) is 17.8 Å². The monoisotopic (exact) mass is 296 g/mol. The first kappa shape index (κ1) is 15.3. The number of amides is 2. The molecule has 0 radical (unpaired) electrons. The van der Waals surface area contributed by atoms with E-state index in [2.05, 4.69) is 5.10 Å². The minimum atomic E-state index is -1.03. The van der Waals surface area contributed by atoms with Crippen LogP contribution in [-0.2, 0) is 18.5 Å². The average Bonchev–Trinajstić information content (AvgIpc) is 2.75. The van der Waals surface area contributed by atoms with Crippen molar-refractivity contribution in [2.75, 3.05) is 13.6 Å². The third-order valence-electron chi connectivity index (χ3n) is 3.46. The molecule has 0 aliphatic carbocycles. The first-order valence-electron chi connectivity index (χ1n) is 6.69. The number of aromatic nitrogens is 2. The van der Waals surface area contributed by atoms with Crippen molar-refractivity contribution in [1.29, 1.82) is 0 Å². The van der Waals surface area contributed by atoms with Gasteiger partial charge in [0.25, 0.3) is 5.91 Å². The fourth-order valence-electron chi connectivity index (χ4n) is 2.46. The van der Waals surface area contributed by atoms with Crippen molar-refractivity contribution < 1.29 is 19.9 Å². The summed E-state index contributed by atoms with van der Waals surface area (Å²) in [6, 6.07) is 0. The Balaban J connectivity index is 2.55. The van der Waals surface area contributed by atoms with Crippen molar-refractivity contribution in [2.24, 2.45) is 0 Å². The molecule has 0 fully saturated rings. The normalized spacial score (nSPS) is 14.8. The molecule has 8 nitrogen and oxygen atoms in total. The molecule has 1 aromatic rings. The van der Waals surface area contributed by atoms with Crippen LogP contribution in [0.5, 0.6) is 0 Å². The van der Waals surface area contributed by atoms with Crippen LogP contribution in [0.2, 0.25) is 0 Å². The van der Waals surface area contributed by atoms with Crippen LogP contribution >= 0.6 is 0 Å². The van der Waals surface area contributed by atoms with E-state index in [1.54, 1.807) is 4.68 Å². The topological polar surface area (TPSA) is 98.9 Å². The van der Waals surface area contributed by atoms with Gasteiger partial charge in [0, 0.05) is 31.3 Å². The molecule has 8 heteroatoms. The number of hydrogen-bond donors (Lipinski definition) is 2. The van der Waals surface area contributed by atoms with Crippen LogP contribution in [0.4, 0.5) is 4.79 Å². The lowest BCUT2D eigenvalue weighted by Gasteiger charge is -2.28. The van der Waals surface area contributed by atoms with Gasteiger partial charge in [0.05, 0.1) is 12.1 Å². The Morgan fingerprint density at radius 3 is 2.43 bits per heavy atom. The summed E-state index contributed by atoms with van der Waals surface area (Å²) in [7, 11) is 1.22. The van der Waals surface area contributed by atoms with Gasteiger partial charge in [0.2, 0.25) is 0 Å². The number of hydroxylamine groups is 2. The van der Waals surface area contributed by atoms with E-state index in [0.717, 1.165) is 5.69 Å². The van der Waals surface area contributed by atoms with E-state index >= 15 is 0 Å². The molecule has 1 aromatic heterocycles. The number of rotatable bonds is 1. The van der Waals surface area contributed by atoms with Gasteiger partial charge in [-0.25, -0.2) is 9.86 Å². The molecular weight excluding hydrogens is 276 g/mol. The Bertz CT molecular complexity index is 586. The van der Waals surface area contributed by atoms with Crippen molar-refractivity contribution in [2.45, 2.75) is 39.3 Å². The lowest BCUT2D eigenvalue weighted by Crippen LogP contribution is -2.37. The van der Waals surface area contributed by atoms with Crippen LogP contribution < -0.4 is 0 Å². The molecule has 0 unspecified atom stereocenters. The summed E-state index contributed by atoms with van der Waals surface area (Å²) < 4.78 is 1.75. The summed E-state index contributed by atoms with van der Waals surface area (Å²) in [5, 5.41) is 23.3. The zero-order valence-electron chi connectivity index (χ0n) is 12.6. The van der Waals surface area contributed by atoms with Crippen LogP contribution in [0.1, 0.15) is 42.5 Å². The molecule has 2 rings (SSSR count). The van der Waals surface area contributed by atoms with E-state index in [0.29, 0.717) is 23.6 Å². The van der Waals surface area contributed by atoms with Gasteiger partial charge in [-0.05, 0) is 20.8 Å². The predicted molar refractivity (Wildman–Crippen MR) is 73.2 cm³/mol. The van der Waals surface area contributed by atoms with Crippen molar-refractivity contribution in [3.63, 3.8) is 0 Å². The van der Waals surface area contributed by atoms with Crippen LogP contribution in [0.3, 0.4) is 0 Å². The zero-order chi connectivity index (χ0) is 15.9. The highest BCUT2D eigenvalue weighted by atomic mass is 16.5. The maximum Gasteiger partial charge on any atom is 0.407 e. The number of carbonyl (C=O) groups is 2. The number of hydrogen-bond acceptors (Lipinski definition) is 4. The molecule has 116 valence electrons. The second-order valence-corrected chi connectivity index (χ2v) is 6.14. The molecule has 0 saturated heterocycles. The van der Waals surface area contributed by atoms with E-state index in [4.69, 9.17) is 5.11 Å². The van der Waals surface area contributed by atoms with Gasteiger partial charge in [-0.2, -0.15) is 5.10 Å². The minimum absolute atomic E-state index is 0.107. The molecule has 0 spiro atoms. The Morgan fingerprint density at radius 1 is 1.33 bits per heavy atom. The first-order valence-corrected chi connectivity index (χ1v) is 6.69. The molecular formula is C13H20N4O4. The summed E-state index contributed by atoms with van der Waals surface area (Å²) in [5.74, 6) is -0.638. The fourth-order valence-corrected chi connectivity index (χ4v) is 2.46. The Kier molecular flexibility index (Phi) is 3.66. The van der Waals surface area contributed by atoms with Crippen molar-refractivity contribution in [3.8, 4) is 0 Å². The number of carbonyl (C=O) groups excluding carboxylic acids is 1. The maximum atomic E-state index is 12.1. The molecule has 2 heterocycles. The zero-order valence-corrected chi connectivity index (χ0v) is 12.6. The van der Waals surface area contributed by atoms with Crippen LogP contribution in [0, 0.1) is 0 Å². The summed E-state index contributed by atoms with van der Waals surface area (Å²) >= 11 is 0. The maximum absolute atomic E-state index is 12.1. The largest absolute Gasteiger partial charge is 0.465 e. The molecule has 1 aliphatic rings.